The number of carboxylic acids is 1. The zero-order valence-electron chi connectivity index (χ0n) is 10.8. The number of carbonyl (C=O) groups excluding carboxylic acids is 1. The number of aryl methyl sites for hydroxylation is 1. The standard InChI is InChI=1S/C14H17NO4/c1-10-5-6-11(19-10)7-8-13(16)15-9-3-2-4-12(15)14(17)18/h5-8,12H,2-4,9H2,1H3,(H,17,18)/b8-7+. The Hall–Kier alpha value is -2.04. The molecule has 1 aliphatic heterocycles. The van der Waals surface area contributed by atoms with Crippen molar-refractivity contribution in [3.05, 3.63) is 29.7 Å². The van der Waals surface area contributed by atoms with Gasteiger partial charge in [0.2, 0.25) is 5.91 Å². The van der Waals surface area contributed by atoms with Crippen LogP contribution in [0.2, 0.25) is 0 Å². The minimum Gasteiger partial charge on any atom is -0.480 e. The van der Waals surface area contributed by atoms with Gasteiger partial charge in [0.25, 0.3) is 0 Å². The predicted molar refractivity (Wildman–Crippen MR) is 69.5 cm³/mol. The molecule has 0 saturated carbocycles. The van der Waals surface area contributed by atoms with Gasteiger partial charge in [-0.15, -0.1) is 0 Å². The van der Waals surface area contributed by atoms with Crippen LogP contribution in [0.5, 0.6) is 0 Å². The second-order valence-electron chi connectivity index (χ2n) is 4.66. The second-order valence-corrected chi connectivity index (χ2v) is 4.66. The van der Waals surface area contributed by atoms with Crippen LogP contribution in [0.25, 0.3) is 6.08 Å². The smallest absolute Gasteiger partial charge is 0.326 e. The fraction of sp³-hybridized carbons (Fsp3) is 0.429. The molecule has 1 fully saturated rings. The summed E-state index contributed by atoms with van der Waals surface area (Å²) in [5.41, 5.74) is 0. The topological polar surface area (TPSA) is 70.8 Å². The summed E-state index contributed by atoms with van der Waals surface area (Å²) in [6, 6.07) is 2.87. The zero-order valence-corrected chi connectivity index (χ0v) is 10.8. The lowest BCUT2D eigenvalue weighted by molar-refractivity contribution is -0.150. The Balaban J connectivity index is 2.05. The van der Waals surface area contributed by atoms with Crippen molar-refractivity contribution in [1.29, 1.82) is 0 Å². The van der Waals surface area contributed by atoms with Crippen LogP contribution in [0.1, 0.15) is 30.8 Å². The van der Waals surface area contributed by atoms with Crippen LogP contribution < -0.4 is 0 Å². The SMILES string of the molecule is Cc1ccc(/C=C/C(=O)N2CCCCC2C(=O)O)o1. The van der Waals surface area contributed by atoms with Crippen LogP contribution in [0.4, 0.5) is 0 Å². The van der Waals surface area contributed by atoms with Crippen molar-refractivity contribution < 1.29 is 19.1 Å². The van der Waals surface area contributed by atoms with Crippen molar-refractivity contribution in [1.82, 2.24) is 4.90 Å². The second kappa shape index (κ2) is 5.73. The quantitative estimate of drug-likeness (QED) is 0.847. The minimum atomic E-state index is -0.935. The van der Waals surface area contributed by atoms with E-state index in [2.05, 4.69) is 0 Å². The highest BCUT2D eigenvalue weighted by Gasteiger charge is 2.30. The highest BCUT2D eigenvalue weighted by Crippen LogP contribution is 2.18. The first-order valence-electron chi connectivity index (χ1n) is 6.36. The van der Waals surface area contributed by atoms with Crippen LogP contribution >= 0.6 is 0 Å². The lowest BCUT2D eigenvalue weighted by Crippen LogP contribution is -2.47. The Labute approximate surface area is 111 Å². The number of likely N-dealkylation sites (tertiary alicyclic amines) is 1. The molecule has 1 aromatic heterocycles. The molecule has 0 aliphatic carbocycles. The molecule has 1 unspecified atom stereocenters. The summed E-state index contributed by atoms with van der Waals surface area (Å²) in [5.74, 6) is 0.152. The molecule has 1 amide bonds. The van der Waals surface area contributed by atoms with E-state index in [0.717, 1.165) is 18.6 Å². The summed E-state index contributed by atoms with van der Waals surface area (Å²) in [4.78, 5) is 24.6. The first kappa shape index (κ1) is 13.4. The lowest BCUT2D eigenvalue weighted by atomic mass is 10.0. The van der Waals surface area contributed by atoms with Gasteiger partial charge in [-0.05, 0) is 44.4 Å². The molecule has 1 aliphatic rings. The molecule has 5 nitrogen and oxygen atoms in total. The normalized spacial score (nSPS) is 19.8. The first-order valence-corrected chi connectivity index (χ1v) is 6.36. The highest BCUT2D eigenvalue weighted by atomic mass is 16.4. The van der Waals surface area contributed by atoms with Crippen molar-refractivity contribution in [3.8, 4) is 0 Å². The highest BCUT2D eigenvalue weighted by molar-refractivity contribution is 5.94. The summed E-state index contributed by atoms with van der Waals surface area (Å²) in [7, 11) is 0. The number of hydrogen-bond donors (Lipinski definition) is 1. The third kappa shape index (κ3) is 3.24. The van der Waals surface area contributed by atoms with Crippen molar-refractivity contribution in [3.63, 3.8) is 0 Å². The molecule has 1 N–H and O–H groups in total. The summed E-state index contributed by atoms with van der Waals surface area (Å²) >= 11 is 0. The summed E-state index contributed by atoms with van der Waals surface area (Å²) in [6.07, 6.45) is 5.17. The van der Waals surface area contributed by atoms with E-state index in [0.29, 0.717) is 18.7 Å². The monoisotopic (exact) mass is 263 g/mol. The predicted octanol–water partition coefficient (Wildman–Crippen LogP) is 2.07. The molecule has 0 radical (unpaired) electrons. The summed E-state index contributed by atoms with van der Waals surface area (Å²) in [5, 5.41) is 9.11. The maximum absolute atomic E-state index is 12.0. The minimum absolute atomic E-state index is 0.277. The van der Waals surface area contributed by atoms with Gasteiger partial charge < -0.3 is 14.4 Å². The van der Waals surface area contributed by atoms with Gasteiger partial charge in [0, 0.05) is 12.6 Å². The van der Waals surface area contributed by atoms with Gasteiger partial charge >= 0.3 is 5.97 Å². The fourth-order valence-corrected chi connectivity index (χ4v) is 2.24. The molecular weight excluding hydrogens is 246 g/mol. The van der Waals surface area contributed by atoms with Crippen LogP contribution in [-0.2, 0) is 9.59 Å². The maximum Gasteiger partial charge on any atom is 0.326 e. The van der Waals surface area contributed by atoms with Crippen LogP contribution in [0.15, 0.2) is 22.6 Å². The fourth-order valence-electron chi connectivity index (χ4n) is 2.24. The number of furan rings is 1. The Morgan fingerprint density at radius 1 is 1.42 bits per heavy atom. The largest absolute Gasteiger partial charge is 0.480 e. The number of amides is 1. The Morgan fingerprint density at radius 2 is 2.21 bits per heavy atom. The number of nitrogens with zero attached hydrogens (tertiary/aromatic N) is 1. The molecule has 0 bridgehead atoms. The van der Waals surface area contributed by atoms with Crippen LogP contribution in [-0.4, -0.2) is 34.5 Å². The average Bonchev–Trinajstić information content (AvgIpc) is 2.81. The van der Waals surface area contributed by atoms with Gasteiger partial charge in [-0.1, -0.05) is 0 Å². The molecule has 1 atom stereocenters. The van der Waals surface area contributed by atoms with E-state index in [-0.39, 0.29) is 5.91 Å². The first-order chi connectivity index (χ1) is 9.08. The maximum atomic E-state index is 12.0. The summed E-state index contributed by atoms with van der Waals surface area (Å²) in [6.45, 7) is 2.32. The van der Waals surface area contributed by atoms with E-state index >= 15 is 0 Å². The Morgan fingerprint density at radius 3 is 2.84 bits per heavy atom. The van der Waals surface area contributed by atoms with Gasteiger partial charge in [0.15, 0.2) is 0 Å². The van der Waals surface area contributed by atoms with Gasteiger partial charge in [-0.2, -0.15) is 0 Å². The average molecular weight is 263 g/mol. The van der Waals surface area contributed by atoms with Crippen molar-refractivity contribution in [2.45, 2.75) is 32.2 Å². The third-order valence-electron chi connectivity index (χ3n) is 3.22. The van der Waals surface area contributed by atoms with E-state index in [9.17, 15) is 9.59 Å². The molecule has 0 spiro atoms. The molecule has 1 aromatic rings. The van der Waals surface area contributed by atoms with Crippen molar-refractivity contribution in [2.24, 2.45) is 0 Å². The van der Waals surface area contributed by atoms with Gasteiger partial charge in [-0.25, -0.2) is 4.79 Å². The summed E-state index contributed by atoms with van der Waals surface area (Å²) < 4.78 is 5.32. The number of carbonyl (C=O) groups is 2. The van der Waals surface area contributed by atoms with Gasteiger partial charge in [0.1, 0.15) is 17.6 Å². The zero-order chi connectivity index (χ0) is 13.8. The third-order valence-corrected chi connectivity index (χ3v) is 3.22. The number of carboxylic acid groups (broad SMARTS) is 1. The van der Waals surface area contributed by atoms with Gasteiger partial charge in [0.05, 0.1) is 0 Å². The van der Waals surface area contributed by atoms with E-state index in [1.54, 1.807) is 12.1 Å². The molecule has 102 valence electrons. The molecule has 0 aromatic carbocycles. The number of piperidine rings is 1. The van der Waals surface area contributed by atoms with E-state index in [1.165, 1.54) is 11.0 Å². The van der Waals surface area contributed by atoms with Crippen LogP contribution in [0.3, 0.4) is 0 Å². The van der Waals surface area contributed by atoms with E-state index in [1.807, 2.05) is 13.0 Å². The Kier molecular flexibility index (Phi) is 4.04. The number of rotatable bonds is 3. The van der Waals surface area contributed by atoms with Crippen molar-refractivity contribution >= 4 is 18.0 Å². The number of aliphatic carboxylic acids is 1. The number of hydrogen-bond acceptors (Lipinski definition) is 3. The molecule has 5 heteroatoms. The molecular formula is C14H17NO4. The molecule has 2 rings (SSSR count). The lowest BCUT2D eigenvalue weighted by Gasteiger charge is -2.32. The van der Waals surface area contributed by atoms with E-state index < -0.39 is 12.0 Å². The van der Waals surface area contributed by atoms with Crippen LogP contribution in [0, 0.1) is 6.92 Å². The van der Waals surface area contributed by atoms with Crippen molar-refractivity contribution in [2.75, 3.05) is 6.54 Å². The molecule has 1 saturated heterocycles. The molecule has 19 heavy (non-hydrogen) atoms. The Bertz CT molecular complexity index is 503. The van der Waals surface area contributed by atoms with E-state index in [4.69, 9.17) is 9.52 Å². The molecule has 2 heterocycles. The van der Waals surface area contributed by atoms with Gasteiger partial charge in [-0.3, -0.25) is 4.79 Å².